The summed E-state index contributed by atoms with van der Waals surface area (Å²) in [5, 5.41) is 3.16. The summed E-state index contributed by atoms with van der Waals surface area (Å²) in [7, 11) is 0. The first-order valence-corrected chi connectivity index (χ1v) is 5.34. The van der Waals surface area contributed by atoms with Crippen LogP contribution in [-0.4, -0.2) is 5.91 Å². The second-order valence-corrected chi connectivity index (χ2v) is 4.00. The van der Waals surface area contributed by atoms with E-state index in [2.05, 4.69) is 5.32 Å². The van der Waals surface area contributed by atoms with E-state index in [9.17, 15) is 4.79 Å². The van der Waals surface area contributed by atoms with Gasteiger partial charge in [-0.25, -0.2) is 0 Å². The van der Waals surface area contributed by atoms with Gasteiger partial charge < -0.3 is 5.32 Å². The summed E-state index contributed by atoms with van der Waals surface area (Å²) in [5.74, 6) is -0.532. The number of hydrogen-bond acceptors (Lipinski definition) is 1. The summed E-state index contributed by atoms with van der Waals surface area (Å²) in [5.41, 5.74) is 1.39. The van der Waals surface area contributed by atoms with Crippen LogP contribution in [0.15, 0.2) is 28.8 Å². The fourth-order valence-corrected chi connectivity index (χ4v) is 1.42. The monoisotopic (exact) mass is 283 g/mol. The van der Waals surface area contributed by atoms with Crippen LogP contribution >= 0.6 is 46.4 Å². The van der Waals surface area contributed by atoms with E-state index >= 15 is 0 Å². The van der Waals surface area contributed by atoms with Crippen LogP contribution in [0, 0.1) is 0 Å². The fourth-order valence-electron chi connectivity index (χ4n) is 0.822. The highest BCUT2D eigenvalue weighted by Crippen LogP contribution is 2.25. The van der Waals surface area contributed by atoms with Crippen LogP contribution in [0.5, 0.6) is 0 Å². The Morgan fingerprint density at radius 1 is 1.33 bits per heavy atom. The SMILES string of the molecule is O=C(Nc1ccc(Cl)cc1Cl)/C(Cl)=C/Cl. The molecule has 0 unspecified atom stereocenters. The third-order valence-electron chi connectivity index (χ3n) is 1.49. The number of halogens is 4. The van der Waals surface area contributed by atoms with Crippen LogP contribution < -0.4 is 5.32 Å². The Morgan fingerprint density at radius 2 is 2.00 bits per heavy atom. The van der Waals surface area contributed by atoms with Gasteiger partial charge in [-0.2, -0.15) is 0 Å². The predicted molar refractivity (Wildman–Crippen MR) is 64.9 cm³/mol. The van der Waals surface area contributed by atoms with E-state index in [4.69, 9.17) is 46.4 Å². The van der Waals surface area contributed by atoms with Gasteiger partial charge >= 0.3 is 0 Å². The lowest BCUT2D eigenvalue weighted by Crippen LogP contribution is -2.11. The van der Waals surface area contributed by atoms with E-state index in [1.807, 2.05) is 0 Å². The van der Waals surface area contributed by atoms with Crippen molar-refractivity contribution < 1.29 is 4.79 Å². The molecular weight excluding hydrogens is 280 g/mol. The molecule has 0 saturated heterocycles. The van der Waals surface area contributed by atoms with E-state index in [1.165, 1.54) is 6.07 Å². The highest BCUT2D eigenvalue weighted by molar-refractivity contribution is 6.48. The van der Waals surface area contributed by atoms with Crippen molar-refractivity contribution in [1.29, 1.82) is 0 Å². The first kappa shape index (κ1) is 12.7. The van der Waals surface area contributed by atoms with Gasteiger partial charge in [0.05, 0.1) is 10.7 Å². The lowest BCUT2D eigenvalue weighted by molar-refractivity contribution is -0.112. The van der Waals surface area contributed by atoms with Crippen LogP contribution in [0.3, 0.4) is 0 Å². The Hall–Kier alpha value is -0.410. The first-order chi connectivity index (χ1) is 7.04. The second-order valence-electron chi connectivity index (χ2n) is 2.54. The highest BCUT2D eigenvalue weighted by Gasteiger charge is 2.08. The summed E-state index contributed by atoms with van der Waals surface area (Å²) < 4.78 is 0. The van der Waals surface area contributed by atoms with Gasteiger partial charge in [-0.15, -0.1) is 0 Å². The number of carbonyl (C=O) groups excluding carboxylic acids is 1. The highest BCUT2D eigenvalue weighted by atomic mass is 35.5. The van der Waals surface area contributed by atoms with Gasteiger partial charge in [-0.1, -0.05) is 46.4 Å². The molecule has 0 aliphatic rings. The second kappa shape index (κ2) is 5.61. The van der Waals surface area contributed by atoms with Crippen LogP contribution in [0.2, 0.25) is 10.0 Å². The molecule has 0 aromatic heterocycles. The van der Waals surface area contributed by atoms with Crippen LogP contribution in [0.1, 0.15) is 0 Å². The molecule has 0 aliphatic heterocycles. The molecule has 0 heterocycles. The zero-order chi connectivity index (χ0) is 11.4. The molecule has 0 aliphatic carbocycles. The molecule has 1 amide bonds. The Labute approximate surface area is 107 Å². The lowest BCUT2D eigenvalue weighted by Gasteiger charge is -2.06. The van der Waals surface area contributed by atoms with Crippen LogP contribution in [0.4, 0.5) is 5.69 Å². The van der Waals surface area contributed by atoms with Gasteiger partial charge in [0.1, 0.15) is 5.03 Å². The number of amides is 1. The third kappa shape index (κ3) is 3.58. The van der Waals surface area contributed by atoms with Gasteiger partial charge in [0, 0.05) is 10.6 Å². The van der Waals surface area contributed by atoms with E-state index in [1.54, 1.807) is 12.1 Å². The van der Waals surface area contributed by atoms with E-state index in [0.717, 1.165) is 5.54 Å². The number of benzene rings is 1. The standard InChI is InChI=1S/C9H5Cl4NO/c10-4-7(13)9(15)14-8-2-1-5(11)3-6(8)12/h1-4H,(H,14,15)/b7-4-. The Bertz CT molecular complexity index is 417. The molecule has 80 valence electrons. The van der Waals surface area contributed by atoms with Crippen molar-refractivity contribution in [2.45, 2.75) is 0 Å². The summed E-state index contributed by atoms with van der Waals surface area (Å²) >= 11 is 22.3. The van der Waals surface area contributed by atoms with Crippen LogP contribution in [-0.2, 0) is 4.79 Å². The molecule has 0 saturated carbocycles. The van der Waals surface area contributed by atoms with E-state index in [-0.39, 0.29) is 5.03 Å². The molecule has 1 aromatic rings. The minimum atomic E-state index is -0.532. The maximum Gasteiger partial charge on any atom is 0.268 e. The fraction of sp³-hybridized carbons (Fsp3) is 0. The lowest BCUT2D eigenvalue weighted by atomic mass is 10.3. The van der Waals surface area contributed by atoms with Crippen molar-refractivity contribution >= 4 is 58.0 Å². The minimum absolute atomic E-state index is 0.123. The summed E-state index contributed by atoms with van der Waals surface area (Å²) in [6, 6.07) is 4.68. The molecular formula is C9H5Cl4NO. The molecule has 0 spiro atoms. The normalized spacial score (nSPS) is 11.3. The Balaban J connectivity index is 2.86. The maximum absolute atomic E-state index is 11.3. The van der Waals surface area contributed by atoms with Crippen molar-refractivity contribution in [1.82, 2.24) is 0 Å². The molecule has 1 rings (SSSR count). The molecule has 0 bridgehead atoms. The molecule has 1 N–H and O–H groups in total. The van der Waals surface area contributed by atoms with Crippen molar-refractivity contribution in [2.75, 3.05) is 5.32 Å². The average molecular weight is 285 g/mol. The molecule has 2 nitrogen and oxygen atoms in total. The maximum atomic E-state index is 11.3. The largest absolute Gasteiger partial charge is 0.320 e. The van der Waals surface area contributed by atoms with Gasteiger partial charge in [0.15, 0.2) is 0 Å². The topological polar surface area (TPSA) is 29.1 Å². The van der Waals surface area contributed by atoms with E-state index in [0.29, 0.717) is 15.7 Å². The number of anilines is 1. The van der Waals surface area contributed by atoms with E-state index < -0.39 is 5.91 Å². The number of rotatable bonds is 2. The average Bonchev–Trinajstić information content (AvgIpc) is 2.20. The molecule has 6 heteroatoms. The summed E-state index contributed by atoms with van der Waals surface area (Å²) in [4.78, 5) is 11.3. The Kier molecular flexibility index (Phi) is 4.74. The Morgan fingerprint density at radius 3 is 2.53 bits per heavy atom. The van der Waals surface area contributed by atoms with Crippen molar-refractivity contribution in [3.8, 4) is 0 Å². The summed E-state index contributed by atoms with van der Waals surface area (Å²) in [6.45, 7) is 0. The first-order valence-electron chi connectivity index (χ1n) is 3.77. The van der Waals surface area contributed by atoms with Crippen molar-refractivity contribution in [3.05, 3.63) is 38.8 Å². The molecule has 1 aromatic carbocycles. The van der Waals surface area contributed by atoms with Gasteiger partial charge in [0.25, 0.3) is 5.91 Å². The molecule has 0 fully saturated rings. The third-order valence-corrected chi connectivity index (χ3v) is 2.65. The summed E-state index contributed by atoms with van der Waals surface area (Å²) in [6.07, 6.45) is 0. The van der Waals surface area contributed by atoms with Gasteiger partial charge in [0.2, 0.25) is 0 Å². The zero-order valence-corrected chi connectivity index (χ0v) is 10.3. The smallest absolute Gasteiger partial charge is 0.268 e. The minimum Gasteiger partial charge on any atom is -0.320 e. The quantitative estimate of drug-likeness (QED) is 0.808. The van der Waals surface area contributed by atoms with Crippen molar-refractivity contribution in [2.24, 2.45) is 0 Å². The number of nitrogens with one attached hydrogen (secondary N) is 1. The molecule has 15 heavy (non-hydrogen) atoms. The number of carbonyl (C=O) groups is 1. The molecule has 0 atom stereocenters. The predicted octanol–water partition coefficient (Wildman–Crippen LogP) is 4.25. The van der Waals surface area contributed by atoms with Crippen LogP contribution in [0.25, 0.3) is 0 Å². The van der Waals surface area contributed by atoms with Gasteiger partial charge in [-0.05, 0) is 18.2 Å². The zero-order valence-electron chi connectivity index (χ0n) is 7.23. The van der Waals surface area contributed by atoms with Gasteiger partial charge in [-0.3, -0.25) is 4.79 Å². The number of hydrogen-bond donors (Lipinski definition) is 1. The molecule has 0 radical (unpaired) electrons. The van der Waals surface area contributed by atoms with Crippen molar-refractivity contribution in [3.63, 3.8) is 0 Å².